The maximum atomic E-state index is 4.00. The number of hydrogen-bond donors (Lipinski definition) is 1. The van der Waals surface area contributed by atoms with E-state index in [4.69, 9.17) is 0 Å². The van der Waals surface area contributed by atoms with Crippen LogP contribution in [-0.2, 0) is 11.8 Å². The van der Waals surface area contributed by atoms with E-state index in [9.17, 15) is 0 Å². The van der Waals surface area contributed by atoms with Crippen LogP contribution in [0.1, 0.15) is 78.1 Å². The van der Waals surface area contributed by atoms with E-state index in [2.05, 4.69) is 265 Å². The predicted molar refractivity (Wildman–Crippen MR) is 281 cm³/mol. The highest BCUT2D eigenvalue weighted by Crippen LogP contribution is 2.57. The second kappa shape index (κ2) is 19.3. The van der Waals surface area contributed by atoms with Crippen molar-refractivity contribution in [2.75, 3.05) is 10.2 Å². The maximum Gasteiger partial charge on any atom is 0.197 e. The number of fused-ring (bicyclic) bond motifs is 4. The van der Waals surface area contributed by atoms with Gasteiger partial charge in [-0.3, -0.25) is 0 Å². The van der Waals surface area contributed by atoms with Crippen LogP contribution >= 0.6 is 0 Å². The van der Waals surface area contributed by atoms with E-state index in [1.165, 1.54) is 89.2 Å². The Morgan fingerprint density at radius 2 is 1.34 bits per heavy atom. The number of anilines is 4. The third-order valence-electron chi connectivity index (χ3n) is 12.9. The van der Waals surface area contributed by atoms with Crippen LogP contribution in [0.15, 0.2) is 212 Å². The van der Waals surface area contributed by atoms with Crippen molar-refractivity contribution in [3.63, 3.8) is 0 Å². The Kier molecular flexibility index (Phi) is 12.8. The van der Waals surface area contributed by atoms with Crippen molar-refractivity contribution in [2.24, 2.45) is 0 Å². The Morgan fingerprint density at radius 3 is 2.09 bits per heavy atom. The smallest absolute Gasteiger partial charge is 0.197 e. The molecule has 2 aliphatic rings. The molecule has 0 fully saturated rings. The molecule has 0 aliphatic carbocycles. The van der Waals surface area contributed by atoms with Gasteiger partial charge in [-0.15, -0.1) is 0 Å². The second-order valence-electron chi connectivity index (χ2n) is 17.3. The molecule has 0 aromatic heterocycles. The van der Waals surface area contributed by atoms with Crippen molar-refractivity contribution in [2.45, 2.75) is 65.3 Å². The number of nitrogens with one attached hydrogen (secondary N) is 1. The van der Waals surface area contributed by atoms with E-state index in [0.717, 1.165) is 24.9 Å². The van der Waals surface area contributed by atoms with E-state index >= 15 is 0 Å². The van der Waals surface area contributed by atoms with Gasteiger partial charge >= 0.3 is 0 Å². The summed E-state index contributed by atoms with van der Waals surface area (Å²) in [5.74, 6) is 0. The fourth-order valence-electron chi connectivity index (χ4n) is 10.1. The Morgan fingerprint density at radius 1 is 0.646 bits per heavy atom. The Hall–Kier alpha value is -7.10. The van der Waals surface area contributed by atoms with Crippen LogP contribution in [0, 0.1) is 13.8 Å². The van der Waals surface area contributed by atoms with Crippen molar-refractivity contribution >= 4 is 46.5 Å². The van der Waals surface area contributed by atoms with Crippen LogP contribution in [0.4, 0.5) is 22.7 Å². The SMILES string of the molecule is CC/C=C\C=C/C(C)Nc1c(C\C=C/C=C\C(=C\CC)c2ccccc2C)cccc1-c1cc(C)cc2c1[B]c1cccc3c1N2c1ccccc1C3(c1ccccc1)c1ccccc1. The molecule has 9 rings (SSSR count). The van der Waals surface area contributed by atoms with E-state index in [1.807, 2.05) is 0 Å². The minimum Gasteiger partial charge on any atom is -0.378 e. The summed E-state index contributed by atoms with van der Waals surface area (Å²) >= 11 is 0. The first kappa shape index (κ1) is 43.2. The van der Waals surface area contributed by atoms with Crippen LogP contribution in [0.3, 0.4) is 0 Å². The monoisotopic (exact) mass is 841 g/mol. The number of allylic oxidation sites excluding steroid dienone is 9. The van der Waals surface area contributed by atoms with Crippen molar-refractivity contribution < 1.29 is 0 Å². The molecule has 1 unspecified atom stereocenters. The minimum atomic E-state index is -0.516. The zero-order valence-corrected chi connectivity index (χ0v) is 38.4. The van der Waals surface area contributed by atoms with Gasteiger partial charge in [0.1, 0.15) is 0 Å². The van der Waals surface area contributed by atoms with Crippen LogP contribution in [0.2, 0.25) is 0 Å². The summed E-state index contributed by atoms with van der Waals surface area (Å²) in [5.41, 5.74) is 20.5. The third-order valence-corrected chi connectivity index (χ3v) is 12.9. The molecule has 0 amide bonds. The molecule has 2 heterocycles. The number of nitrogens with zero attached hydrogens (tertiary/aromatic N) is 1. The molecular formula is C62H58BN2. The molecule has 1 radical (unpaired) electrons. The standard InChI is InChI=1S/C62H58BN2/c1-6-8-9-13-28-46(5)64-60-48(30-15-10-14-29-47(26-7-2)51-36-21-20-27-45(51)4)31-24-37-52(60)53-42-44(3)43-58-59(53)63-56-40-25-39-55-61(56)65(58)57-41-23-22-38-54(57)62(55,49-32-16-11-17-33-49)50-34-18-12-19-35-50/h8-29,31-43,46,64H,6-7,30H2,1-5H3/b9-8-,15-10-,28-13-,29-14-,47-26-. The number of hydrogen-bond acceptors (Lipinski definition) is 2. The molecular weight excluding hydrogens is 784 g/mol. The molecule has 0 saturated heterocycles. The lowest BCUT2D eigenvalue weighted by atomic mass is 9.54. The fraction of sp³-hybridized carbons (Fsp3) is 0.161. The number of benzene rings is 7. The van der Waals surface area contributed by atoms with Gasteiger partial charge in [-0.25, -0.2) is 0 Å². The molecule has 7 aromatic carbocycles. The Bertz CT molecular complexity index is 2930. The number of aryl methyl sites for hydroxylation is 2. The molecule has 2 nitrogen and oxygen atoms in total. The van der Waals surface area contributed by atoms with Crippen molar-refractivity contribution in [3.8, 4) is 11.1 Å². The molecule has 65 heavy (non-hydrogen) atoms. The zero-order valence-electron chi connectivity index (χ0n) is 38.4. The molecule has 3 heteroatoms. The average Bonchev–Trinajstić information content (AvgIpc) is 3.33. The van der Waals surface area contributed by atoms with Crippen molar-refractivity contribution in [1.29, 1.82) is 0 Å². The highest BCUT2D eigenvalue weighted by atomic mass is 15.2. The summed E-state index contributed by atoms with van der Waals surface area (Å²) in [5, 5.41) is 4.00. The van der Waals surface area contributed by atoms with Crippen molar-refractivity contribution in [3.05, 3.63) is 257 Å². The summed E-state index contributed by atoms with van der Waals surface area (Å²) in [6.45, 7) is 11.1. The molecule has 2 aliphatic heterocycles. The first-order valence-corrected chi connectivity index (χ1v) is 23.4. The van der Waals surface area contributed by atoms with Crippen LogP contribution in [0.5, 0.6) is 0 Å². The van der Waals surface area contributed by atoms with Gasteiger partial charge < -0.3 is 10.2 Å². The first-order valence-electron chi connectivity index (χ1n) is 23.4. The van der Waals surface area contributed by atoms with Gasteiger partial charge in [-0.2, -0.15) is 0 Å². The molecule has 7 aromatic rings. The number of para-hydroxylation sites is 3. The molecule has 319 valence electrons. The topological polar surface area (TPSA) is 15.3 Å². The largest absolute Gasteiger partial charge is 0.378 e. The minimum absolute atomic E-state index is 0.0992. The molecule has 0 spiro atoms. The first-order chi connectivity index (χ1) is 31.9. The van der Waals surface area contributed by atoms with Gasteiger partial charge in [-0.05, 0) is 113 Å². The predicted octanol–water partition coefficient (Wildman–Crippen LogP) is 14.6. The summed E-state index contributed by atoms with van der Waals surface area (Å²) < 4.78 is 0. The Balaban J connectivity index is 1.17. The molecule has 0 bridgehead atoms. The van der Waals surface area contributed by atoms with Gasteiger partial charge in [-0.1, -0.05) is 220 Å². The fourth-order valence-corrected chi connectivity index (χ4v) is 10.1. The van der Waals surface area contributed by atoms with E-state index in [1.54, 1.807) is 0 Å². The summed E-state index contributed by atoms with van der Waals surface area (Å²) in [4.78, 5) is 2.56. The molecule has 0 saturated carbocycles. The highest BCUT2D eigenvalue weighted by molar-refractivity contribution is 6.73. The van der Waals surface area contributed by atoms with E-state index in [-0.39, 0.29) is 6.04 Å². The Labute approximate surface area is 388 Å². The van der Waals surface area contributed by atoms with E-state index < -0.39 is 5.41 Å². The van der Waals surface area contributed by atoms with Crippen molar-refractivity contribution in [1.82, 2.24) is 0 Å². The maximum absolute atomic E-state index is 4.00. The normalized spacial score (nSPS) is 14.4. The van der Waals surface area contributed by atoms with Crippen LogP contribution in [-0.4, -0.2) is 13.3 Å². The highest BCUT2D eigenvalue weighted by Gasteiger charge is 2.48. The molecule has 1 N–H and O–H groups in total. The average molecular weight is 842 g/mol. The summed E-state index contributed by atoms with van der Waals surface area (Å²) in [6, 6.07) is 58.5. The van der Waals surface area contributed by atoms with E-state index in [0.29, 0.717) is 0 Å². The molecule has 1 atom stereocenters. The van der Waals surface area contributed by atoms with Gasteiger partial charge in [0.25, 0.3) is 0 Å². The zero-order chi connectivity index (χ0) is 44.8. The lowest BCUT2D eigenvalue weighted by Gasteiger charge is -2.49. The lowest BCUT2D eigenvalue weighted by Crippen LogP contribution is -2.47. The van der Waals surface area contributed by atoms with Gasteiger partial charge in [0.2, 0.25) is 0 Å². The number of rotatable bonds is 14. The summed E-state index contributed by atoms with van der Waals surface area (Å²) in [7, 11) is 2.45. The third kappa shape index (κ3) is 8.28. The second-order valence-corrected chi connectivity index (χ2v) is 17.3. The van der Waals surface area contributed by atoms with Gasteiger partial charge in [0.15, 0.2) is 7.28 Å². The summed E-state index contributed by atoms with van der Waals surface area (Å²) in [6.07, 6.45) is 22.8. The quantitative estimate of drug-likeness (QED) is 0.0867. The lowest BCUT2D eigenvalue weighted by molar-refractivity contribution is 0.732. The van der Waals surface area contributed by atoms with Crippen LogP contribution in [0.25, 0.3) is 16.7 Å². The van der Waals surface area contributed by atoms with Gasteiger partial charge in [0, 0.05) is 28.7 Å². The van der Waals surface area contributed by atoms with Gasteiger partial charge in [0.05, 0.1) is 11.1 Å². The van der Waals surface area contributed by atoms with Crippen LogP contribution < -0.4 is 21.1 Å².